The first-order valence-electron chi connectivity index (χ1n) is 9.23. The zero-order valence-electron chi connectivity index (χ0n) is 16.1. The number of hydrogen-bond donors (Lipinski definition) is 1. The number of nitrogens with one attached hydrogen (secondary N) is 1. The predicted molar refractivity (Wildman–Crippen MR) is 111 cm³/mol. The molecule has 0 radical (unpaired) electrons. The second-order valence-corrected chi connectivity index (χ2v) is 7.17. The van der Waals surface area contributed by atoms with E-state index in [1.165, 1.54) is 0 Å². The number of halogens is 1. The molecule has 1 N–H and O–H groups in total. The third kappa shape index (κ3) is 4.57. The molecule has 0 aliphatic carbocycles. The molecule has 1 fully saturated rings. The molecule has 0 aromatic heterocycles. The highest BCUT2D eigenvalue weighted by molar-refractivity contribution is 6.31. The van der Waals surface area contributed by atoms with Crippen LogP contribution in [0.5, 0.6) is 5.75 Å². The molecule has 0 atom stereocenters. The lowest BCUT2D eigenvalue weighted by molar-refractivity contribution is -0.119. The molecule has 1 aliphatic rings. The highest BCUT2D eigenvalue weighted by Gasteiger charge is 2.23. The lowest BCUT2D eigenvalue weighted by Gasteiger charge is -2.28. The fraction of sp³-hybridized carbons (Fsp3) is 0.333. The molecule has 2 aromatic carbocycles. The molecule has 28 heavy (non-hydrogen) atoms. The van der Waals surface area contributed by atoms with Crippen LogP contribution in [0.1, 0.15) is 24.8 Å². The van der Waals surface area contributed by atoms with Crippen molar-refractivity contribution in [2.45, 2.75) is 25.8 Å². The summed E-state index contributed by atoms with van der Waals surface area (Å²) in [5, 5.41) is 3.50. The topological polar surface area (TPSA) is 61.9 Å². The summed E-state index contributed by atoms with van der Waals surface area (Å²) in [6, 6.07) is 12.5. The second-order valence-electron chi connectivity index (χ2n) is 6.77. The predicted octanol–water partition coefficient (Wildman–Crippen LogP) is 4.53. The van der Waals surface area contributed by atoms with E-state index in [-0.39, 0.29) is 11.9 Å². The van der Waals surface area contributed by atoms with Crippen LogP contribution in [0, 0.1) is 0 Å². The van der Waals surface area contributed by atoms with E-state index in [2.05, 4.69) is 5.32 Å². The number of urea groups is 1. The third-order valence-electron chi connectivity index (χ3n) is 4.76. The first-order valence-corrected chi connectivity index (χ1v) is 9.61. The number of ether oxygens (including phenoxy) is 1. The van der Waals surface area contributed by atoms with Gasteiger partial charge in [0.2, 0.25) is 5.91 Å². The van der Waals surface area contributed by atoms with E-state index in [1.807, 2.05) is 18.2 Å². The maximum Gasteiger partial charge on any atom is 0.321 e. The van der Waals surface area contributed by atoms with Crippen molar-refractivity contribution in [3.8, 4) is 5.75 Å². The highest BCUT2D eigenvalue weighted by atomic mass is 35.5. The minimum Gasteiger partial charge on any atom is -0.495 e. The van der Waals surface area contributed by atoms with Gasteiger partial charge in [0.05, 0.1) is 12.8 Å². The molecule has 1 aliphatic heterocycles. The van der Waals surface area contributed by atoms with Crippen LogP contribution in [0.15, 0.2) is 42.5 Å². The van der Waals surface area contributed by atoms with Gasteiger partial charge in [0.15, 0.2) is 0 Å². The molecule has 6 nitrogen and oxygen atoms in total. The summed E-state index contributed by atoms with van der Waals surface area (Å²) in [6.45, 7) is 1.04. The van der Waals surface area contributed by atoms with E-state index in [4.69, 9.17) is 16.3 Å². The molecular formula is C21H24ClN3O3. The molecule has 148 valence electrons. The smallest absolute Gasteiger partial charge is 0.321 e. The Morgan fingerprint density at radius 2 is 2.04 bits per heavy atom. The number of rotatable bonds is 5. The molecule has 7 heteroatoms. The first-order chi connectivity index (χ1) is 13.5. The van der Waals surface area contributed by atoms with Gasteiger partial charge in [0.25, 0.3) is 0 Å². The quantitative estimate of drug-likeness (QED) is 0.800. The SMILES string of the molecule is COc1ccc(NC(=O)N(C)Cc2ccccc2Cl)cc1N1CCCCC1=O. The number of anilines is 2. The first kappa shape index (κ1) is 20.0. The van der Waals surface area contributed by atoms with Crippen molar-refractivity contribution in [2.24, 2.45) is 0 Å². The van der Waals surface area contributed by atoms with Gasteiger partial charge in [-0.25, -0.2) is 4.79 Å². The van der Waals surface area contributed by atoms with Crippen LogP contribution in [-0.4, -0.2) is 37.5 Å². The van der Waals surface area contributed by atoms with Crippen LogP contribution in [-0.2, 0) is 11.3 Å². The zero-order valence-corrected chi connectivity index (χ0v) is 16.8. The molecular weight excluding hydrogens is 378 g/mol. The molecule has 0 saturated carbocycles. The number of carbonyl (C=O) groups is 2. The Kier molecular flexibility index (Phi) is 6.41. The molecule has 0 unspecified atom stereocenters. The standard InChI is InChI=1S/C21H24ClN3O3/c1-24(14-15-7-3-4-8-17(15)22)21(27)23-16-10-11-19(28-2)18(13-16)25-12-6-5-9-20(25)26/h3-4,7-8,10-11,13H,5-6,9,12,14H2,1-2H3,(H,23,27). The van der Waals surface area contributed by atoms with Gasteiger partial charge in [0.1, 0.15) is 5.75 Å². The molecule has 3 rings (SSSR count). The van der Waals surface area contributed by atoms with E-state index < -0.39 is 0 Å². The van der Waals surface area contributed by atoms with Crippen molar-refractivity contribution < 1.29 is 14.3 Å². The Hall–Kier alpha value is -2.73. The van der Waals surface area contributed by atoms with Gasteiger partial charge in [-0.1, -0.05) is 29.8 Å². The minimum absolute atomic E-state index is 0.0730. The van der Waals surface area contributed by atoms with Crippen molar-refractivity contribution >= 4 is 34.9 Å². The average molecular weight is 402 g/mol. The van der Waals surface area contributed by atoms with Gasteiger partial charge in [-0.05, 0) is 42.7 Å². The number of benzene rings is 2. The van der Waals surface area contributed by atoms with Crippen LogP contribution < -0.4 is 15.0 Å². The normalized spacial score (nSPS) is 14.0. The molecule has 2 aromatic rings. The van der Waals surface area contributed by atoms with Gasteiger partial charge in [0, 0.05) is 37.3 Å². The van der Waals surface area contributed by atoms with Crippen molar-refractivity contribution in [1.29, 1.82) is 0 Å². The van der Waals surface area contributed by atoms with Gasteiger partial charge >= 0.3 is 6.03 Å². The summed E-state index contributed by atoms with van der Waals surface area (Å²) in [5.74, 6) is 0.682. The van der Waals surface area contributed by atoms with E-state index >= 15 is 0 Å². The number of amides is 3. The molecule has 1 saturated heterocycles. The van der Waals surface area contributed by atoms with Crippen LogP contribution >= 0.6 is 11.6 Å². The van der Waals surface area contributed by atoms with Gasteiger partial charge in [-0.15, -0.1) is 0 Å². The zero-order chi connectivity index (χ0) is 20.1. The molecule has 3 amide bonds. The number of nitrogens with zero attached hydrogens (tertiary/aromatic N) is 2. The van der Waals surface area contributed by atoms with Crippen molar-refractivity contribution in [3.05, 3.63) is 53.1 Å². The Bertz CT molecular complexity index is 872. The highest BCUT2D eigenvalue weighted by Crippen LogP contribution is 2.33. The number of piperidine rings is 1. The van der Waals surface area contributed by atoms with E-state index in [9.17, 15) is 9.59 Å². The van der Waals surface area contributed by atoms with Gasteiger partial charge in [-0.3, -0.25) is 4.79 Å². The van der Waals surface area contributed by atoms with Crippen molar-refractivity contribution in [1.82, 2.24) is 4.90 Å². The number of methoxy groups -OCH3 is 1. The maximum atomic E-state index is 12.6. The third-order valence-corrected chi connectivity index (χ3v) is 5.13. The maximum absolute atomic E-state index is 12.6. The summed E-state index contributed by atoms with van der Waals surface area (Å²) in [4.78, 5) is 28.2. The monoisotopic (exact) mass is 401 g/mol. The molecule has 1 heterocycles. The number of carbonyl (C=O) groups excluding carboxylic acids is 2. The Balaban J connectivity index is 1.74. The Labute approximate surface area is 170 Å². The molecule has 0 spiro atoms. The van der Waals surface area contributed by atoms with Crippen LogP contribution in [0.3, 0.4) is 0 Å². The fourth-order valence-electron chi connectivity index (χ4n) is 3.21. The van der Waals surface area contributed by atoms with Crippen LogP contribution in [0.2, 0.25) is 5.02 Å². The lowest BCUT2D eigenvalue weighted by Crippen LogP contribution is -2.35. The van der Waals surface area contributed by atoms with E-state index in [0.717, 1.165) is 18.4 Å². The summed E-state index contributed by atoms with van der Waals surface area (Å²) in [7, 11) is 3.28. The van der Waals surface area contributed by atoms with Crippen molar-refractivity contribution in [2.75, 3.05) is 30.9 Å². The minimum atomic E-state index is -0.263. The fourth-order valence-corrected chi connectivity index (χ4v) is 3.41. The molecule has 0 bridgehead atoms. The Morgan fingerprint density at radius 1 is 1.25 bits per heavy atom. The van der Waals surface area contributed by atoms with Gasteiger partial charge < -0.3 is 19.9 Å². The number of hydrogen-bond acceptors (Lipinski definition) is 3. The average Bonchev–Trinajstić information content (AvgIpc) is 2.70. The second kappa shape index (κ2) is 8.97. The van der Waals surface area contributed by atoms with Crippen molar-refractivity contribution in [3.63, 3.8) is 0 Å². The Morgan fingerprint density at radius 3 is 2.75 bits per heavy atom. The van der Waals surface area contributed by atoms with Gasteiger partial charge in [-0.2, -0.15) is 0 Å². The van der Waals surface area contributed by atoms with E-state index in [0.29, 0.717) is 41.7 Å². The summed E-state index contributed by atoms with van der Waals surface area (Å²) in [5.41, 5.74) is 2.15. The van der Waals surface area contributed by atoms with E-state index in [1.54, 1.807) is 48.2 Å². The summed E-state index contributed by atoms with van der Waals surface area (Å²) >= 11 is 6.18. The van der Waals surface area contributed by atoms with Crippen LogP contribution in [0.4, 0.5) is 16.2 Å². The largest absolute Gasteiger partial charge is 0.495 e. The summed E-state index contributed by atoms with van der Waals surface area (Å²) in [6.07, 6.45) is 2.38. The summed E-state index contributed by atoms with van der Waals surface area (Å²) < 4.78 is 5.41. The van der Waals surface area contributed by atoms with Crippen LogP contribution in [0.25, 0.3) is 0 Å². The lowest BCUT2D eigenvalue weighted by atomic mass is 10.1.